The van der Waals surface area contributed by atoms with E-state index in [1.807, 2.05) is 12.1 Å². The fourth-order valence-electron chi connectivity index (χ4n) is 8.87. The lowest BCUT2D eigenvalue weighted by Crippen LogP contribution is -2.11. The van der Waals surface area contributed by atoms with Crippen LogP contribution in [0, 0.1) is 0 Å². The number of benzene rings is 10. The van der Waals surface area contributed by atoms with Gasteiger partial charge in [-0.15, -0.1) is 0 Å². The Morgan fingerprint density at radius 1 is 0.283 bits per heavy atom. The standard InChI is InChI=1S/C58H39NO/c1-3-18-41(19-4-1)48-25-9-10-28-52(48)58-49(42-20-5-2-6-21-42)29-16-30-53(58)50-26-11-13-31-55(50)59(47-35-36-57-54(39-47)51-27-12-14-32-56(51)60-57)46-24-15-23-44(38-46)45-34-33-40-17-7-8-22-43(40)37-45/h1-39H. The summed E-state index contributed by atoms with van der Waals surface area (Å²) in [5, 5.41) is 4.64. The first-order valence-corrected chi connectivity index (χ1v) is 20.5. The van der Waals surface area contributed by atoms with Gasteiger partial charge in [-0.2, -0.15) is 0 Å². The van der Waals surface area contributed by atoms with E-state index in [-0.39, 0.29) is 0 Å². The largest absolute Gasteiger partial charge is 0.456 e. The van der Waals surface area contributed by atoms with Crippen molar-refractivity contribution in [2.45, 2.75) is 0 Å². The molecule has 10 aromatic carbocycles. The van der Waals surface area contributed by atoms with Crippen molar-refractivity contribution < 1.29 is 4.42 Å². The number of anilines is 3. The normalized spacial score (nSPS) is 11.3. The van der Waals surface area contributed by atoms with Gasteiger partial charge in [-0.1, -0.05) is 188 Å². The molecule has 0 spiro atoms. The smallest absolute Gasteiger partial charge is 0.135 e. The summed E-state index contributed by atoms with van der Waals surface area (Å²) in [4.78, 5) is 2.42. The summed E-state index contributed by atoms with van der Waals surface area (Å²) in [5.41, 5.74) is 16.6. The van der Waals surface area contributed by atoms with Gasteiger partial charge in [0.25, 0.3) is 0 Å². The minimum Gasteiger partial charge on any atom is -0.456 e. The van der Waals surface area contributed by atoms with Crippen LogP contribution >= 0.6 is 0 Å². The molecular weight excluding hydrogens is 727 g/mol. The lowest BCUT2D eigenvalue weighted by molar-refractivity contribution is 0.669. The van der Waals surface area contributed by atoms with Gasteiger partial charge in [0.15, 0.2) is 0 Å². The second kappa shape index (κ2) is 15.1. The lowest BCUT2D eigenvalue weighted by atomic mass is 9.84. The maximum absolute atomic E-state index is 6.35. The van der Waals surface area contributed by atoms with E-state index in [4.69, 9.17) is 4.42 Å². The molecule has 1 aromatic heterocycles. The van der Waals surface area contributed by atoms with E-state index in [0.29, 0.717) is 0 Å². The fraction of sp³-hybridized carbons (Fsp3) is 0. The second-order valence-electron chi connectivity index (χ2n) is 15.2. The molecule has 0 unspecified atom stereocenters. The van der Waals surface area contributed by atoms with E-state index in [1.54, 1.807) is 0 Å². The molecule has 0 aliphatic carbocycles. The van der Waals surface area contributed by atoms with E-state index in [2.05, 4.69) is 229 Å². The van der Waals surface area contributed by atoms with Crippen molar-refractivity contribution in [1.82, 2.24) is 0 Å². The predicted octanol–water partition coefficient (Wildman–Crippen LogP) is 16.5. The maximum Gasteiger partial charge on any atom is 0.135 e. The fourth-order valence-corrected chi connectivity index (χ4v) is 8.87. The third-order valence-electron chi connectivity index (χ3n) is 11.7. The third-order valence-corrected chi connectivity index (χ3v) is 11.7. The number of rotatable bonds is 8. The molecule has 2 nitrogen and oxygen atoms in total. The molecule has 282 valence electrons. The van der Waals surface area contributed by atoms with Crippen molar-refractivity contribution >= 4 is 49.8 Å². The molecule has 1 heterocycles. The zero-order valence-corrected chi connectivity index (χ0v) is 32.9. The highest BCUT2D eigenvalue weighted by Gasteiger charge is 2.23. The van der Waals surface area contributed by atoms with Crippen LogP contribution in [0.4, 0.5) is 17.1 Å². The summed E-state index contributed by atoms with van der Waals surface area (Å²) in [5.74, 6) is 0. The number of fused-ring (bicyclic) bond motifs is 4. The van der Waals surface area contributed by atoms with Gasteiger partial charge in [-0.05, 0) is 109 Å². The Balaban J connectivity index is 1.17. The van der Waals surface area contributed by atoms with Crippen LogP contribution < -0.4 is 4.90 Å². The second-order valence-corrected chi connectivity index (χ2v) is 15.2. The van der Waals surface area contributed by atoms with Crippen molar-refractivity contribution in [1.29, 1.82) is 0 Å². The summed E-state index contributed by atoms with van der Waals surface area (Å²) in [7, 11) is 0. The van der Waals surface area contributed by atoms with Crippen molar-refractivity contribution in [3.05, 3.63) is 237 Å². The highest BCUT2D eigenvalue weighted by atomic mass is 16.3. The van der Waals surface area contributed by atoms with Crippen molar-refractivity contribution in [3.63, 3.8) is 0 Å². The van der Waals surface area contributed by atoms with Gasteiger partial charge < -0.3 is 9.32 Å². The Hall–Kier alpha value is -7.94. The van der Waals surface area contributed by atoms with Crippen molar-refractivity contribution in [3.8, 4) is 55.6 Å². The van der Waals surface area contributed by atoms with Gasteiger partial charge in [0.05, 0.1) is 5.69 Å². The monoisotopic (exact) mass is 765 g/mol. The molecule has 2 heteroatoms. The number of para-hydroxylation sites is 2. The molecule has 11 aromatic rings. The first kappa shape index (κ1) is 35.2. The maximum atomic E-state index is 6.35. The molecule has 0 atom stereocenters. The summed E-state index contributed by atoms with van der Waals surface area (Å²) in [6.07, 6.45) is 0. The molecule has 0 saturated carbocycles. The zero-order chi connectivity index (χ0) is 39.8. The minimum absolute atomic E-state index is 0.869. The van der Waals surface area contributed by atoms with Crippen LogP contribution in [0.3, 0.4) is 0 Å². The van der Waals surface area contributed by atoms with E-state index in [0.717, 1.165) is 55.7 Å². The van der Waals surface area contributed by atoms with Crippen LogP contribution in [0.1, 0.15) is 0 Å². The first-order chi connectivity index (χ1) is 29.8. The lowest BCUT2D eigenvalue weighted by Gasteiger charge is -2.29. The average molecular weight is 766 g/mol. The highest BCUT2D eigenvalue weighted by Crippen LogP contribution is 2.49. The summed E-state index contributed by atoms with van der Waals surface area (Å²) < 4.78 is 6.35. The molecule has 0 aliphatic rings. The molecule has 0 radical (unpaired) electrons. The quantitative estimate of drug-likeness (QED) is 0.153. The number of hydrogen-bond acceptors (Lipinski definition) is 2. The highest BCUT2D eigenvalue weighted by molar-refractivity contribution is 6.08. The van der Waals surface area contributed by atoms with Gasteiger partial charge >= 0.3 is 0 Å². The molecule has 0 fully saturated rings. The minimum atomic E-state index is 0.869. The van der Waals surface area contributed by atoms with Gasteiger partial charge in [-0.25, -0.2) is 0 Å². The van der Waals surface area contributed by atoms with Crippen LogP contribution in [-0.2, 0) is 0 Å². The van der Waals surface area contributed by atoms with Crippen molar-refractivity contribution in [2.75, 3.05) is 4.90 Å². The van der Waals surface area contributed by atoms with E-state index in [9.17, 15) is 0 Å². The summed E-state index contributed by atoms with van der Waals surface area (Å²) in [6, 6.07) is 85.1. The molecule has 11 rings (SSSR count). The Labute approximate surface area is 349 Å². The van der Waals surface area contributed by atoms with Crippen LogP contribution in [0.2, 0.25) is 0 Å². The molecular formula is C58H39NO. The number of nitrogens with zero attached hydrogens (tertiary/aromatic N) is 1. The summed E-state index contributed by atoms with van der Waals surface area (Å²) >= 11 is 0. The Kier molecular flexibility index (Phi) is 8.87. The predicted molar refractivity (Wildman–Crippen MR) is 253 cm³/mol. The molecule has 60 heavy (non-hydrogen) atoms. The van der Waals surface area contributed by atoms with E-state index < -0.39 is 0 Å². The Morgan fingerprint density at radius 2 is 0.850 bits per heavy atom. The molecule has 0 amide bonds. The van der Waals surface area contributed by atoms with Crippen LogP contribution in [0.5, 0.6) is 0 Å². The zero-order valence-electron chi connectivity index (χ0n) is 32.9. The topological polar surface area (TPSA) is 16.4 Å². The van der Waals surface area contributed by atoms with Gasteiger partial charge in [0.2, 0.25) is 0 Å². The molecule has 0 aliphatic heterocycles. The van der Waals surface area contributed by atoms with E-state index >= 15 is 0 Å². The molecule has 0 bridgehead atoms. The van der Waals surface area contributed by atoms with Gasteiger partial charge in [0.1, 0.15) is 11.2 Å². The first-order valence-electron chi connectivity index (χ1n) is 20.5. The molecule has 0 N–H and O–H groups in total. The number of furan rings is 1. The Morgan fingerprint density at radius 3 is 1.68 bits per heavy atom. The van der Waals surface area contributed by atoms with Gasteiger partial charge in [-0.3, -0.25) is 0 Å². The summed E-state index contributed by atoms with van der Waals surface area (Å²) in [6.45, 7) is 0. The third kappa shape index (κ3) is 6.32. The van der Waals surface area contributed by atoms with Crippen LogP contribution in [-0.4, -0.2) is 0 Å². The van der Waals surface area contributed by atoms with Crippen LogP contribution in [0.15, 0.2) is 241 Å². The Bertz CT molecular complexity index is 3330. The SMILES string of the molecule is c1ccc(-c2ccccc2-c2c(-c3ccccc3)cccc2-c2ccccc2N(c2cccc(-c3ccc4ccccc4c3)c2)c2ccc3oc4ccccc4c3c2)cc1. The van der Waals surface area contributed by atoms with Crippen LogP contribution in [0.25, 0.3) is 88.3 Å². The average Bonchev–Trinajstić information content (AvgIpc) is 3.70. The van der Waals surface area contributed by atoms with E-state index in [1.165, 1.54) is 49.7 Å². The number of hydrogen-bond donors (Lipinski definition) is 0. The molecule has 0 saturated heterocycles. The van der Waals surface area contributed by atoms with Crippen molar-refractivity contribution in [2.24, 2.45) is 0 Å². The van der Waals surface area contributed by atoms with Gasteiger partial charge in [0, 0.05) is 27.7 Å².